The van der Waals surface area contributed by atoms with Gasteiger partial charge >= 0.3 is 0 Å². The summed E-state index contributed by atoms with van der Waals surface area (Å²) in [4.78, 5) is 5.17. The molecule has 104 valence electrons. The SMILES string of the molecule is CCN1CCN(c2cccc(Cl)c2C(N)=S)CC1C. The predicted octanol–water partition coefficient (Wildman–Crippen LogP) is 2.50. The van der Waals surface area contributed by atoms with Crippen molar-refractivity contribution in [3.8, 4) is 0 Å². The van der Waals surface area contributed by atoms with Crippen molar-refractivity contribution in [1.29, 1.82) is 0 Å². The van der Waals surface area contributed by atoms with E-state index in [1.54, 1.807) is 0 Å². The summed E-state index contributed by atoms with van der Waals surface area (Å²) in [6, 6.07) is 6.37. The molecule has 1 saturated heterocycles. The third-order valence-electron chi connectivity index (χ3n) is 3.75. The number of thiocarbonyl (C=S) groups is 1. The molecule has 1 aromatic carbocycles. The Bertz CT molecular complexity index is 478. The molecule has 3 nitrogen and oxygen atoms in total. The van der Waals surface area contributed by atoms with Gasteiger partial charge in [-0.2, -0.15) is 0 Å². The Morgan fingerprint density at radius 3 is 2.79 bits per heavy atom. The molecule has 0 aromatic heterocycles. The maximum atomic E-state index is 6.23. The second-order valence-electron chi connectivity index (χ2n) is 4.92. The monoisotopic (exact) mass is 297 g/mol. The van der Waals surface area contributed by atoms with E-state index in [1.807, 2.05) is 12.1 Å². The molecular formula is C14H20ClN3S. The average Bonchev–Trinajstić information content (AvgIpc) is 2.37. The molecule has 1 heterocycles. The largest absolute Gasteiger partial charge is 0.389 e. The second kappa shape index (κ2) is 6.07. The Morgan fingerprint density at radius 2 is 2.21 bits per heavy atom. The first-order valence-electron chi connectivity index (χ1n) is 6.62. The zero-order chi connectivity index (χ0) is 14.0. The molecule has 1 aromatic rings. The molecule has 0 saturated carbocycles. The maximum Gasteiger partial charge on any atom is 0.107 e. The van der Waals surface area contributed by atoms with E-state index in [0.29, 0.717) is 16.1 Å². The molecule has 0 aliphatic carbocycles. The number of likely N-dealkylation sites (N-methyl/N-ethyl adjacent to an activating group) is 1. The molecule has 0 bridgehead atoms. The Hall–Kier alpha value is -0.840. The topological polar surface area (TPSA) is 32.5 Å². The van der Waals surface area contributed by atoms with Crippen LogP contribution in [-0.2, 0) is 0 Å². The van der Waals surface area contributed by atoms with E-state index < -0.39 is 0 Å². The molecule has 19 heavy (non-hydrogen) atoms. The first-order valence-corrected chi connectivity index (χ1v) is 7.40. The third kappa shape index (κ3) is 3.02. The lowest BCUT2D eigenvalue weighted by Crippen LogP contribution is -2.52. The van der Waals surface area contributed by atoms with Gasteiger partial charge in [-0.1, -0.05) is 36.8 Å². The highest BCUT2D eigenvalue weighted by Crippen LogP contribution is 2.29. The third-order valence-corrected chi connectivity index (χ3v) is 4.27. The van der Waals surface area contributed by atoms with Crippen LogP contribution in [0.2, 0.25) is 5.02 Å². The summed E-state index contributed by atoms with van der Waals surface area (Å²) in [5, 5.41) is 0.635. The fraction of sp³-hybridized carbons (Fsp3) is 0.500. The lowest BCUT2D eigenvalue weighted by Gasteiger charge is -2.41. The predicted molar refractivity (Wildman–Crippen MR) is 86.3 cm³/mol. The van der Waals surface area contributed by atoms with Crippen molar-refractivity contribution in [2.45, 2.75) is 19.9 Å². The molecular weight excluding hydrogens is 278 g/mol. The number of hydrogen-bond donors (Lipinski definition) is 1. The van der Waals surface area contributed by atoms with Gasteiger partial charge in [0, 0.05) is 31.4 Å². The van der Waals surface area contributed by atoms with E-state index >= 15 is 0 Å². The standard InChI is InChI=1S/C14H20ClN3S/c1-3-17-7-8-18(9-10(17)2)12-6-4-5-11(15)13(12)14(16)19/h4-6,10H,3,7-9H2,1-2H3,(H2,16,19). The molecule has 1 aliphatic rings. The smallest absolute Gasteiger partial charge is 0.107 e. The Labute approximate surface area is 125 Å². The maximum absolute atomic E-state index is 6.23. The number of benzene rings is 1. The van der Waals surface area contributed by atoms with Crippen LogP contribution in [0, 0.1) is 0 Å². The summed E-state index contributed by atoms with van der Waals surface area (Å²) in [5.41, 5.74) is 7.68. The summed E-state index contributed by atoms with van der Waals surface area (Å²) < 4.78 is 0. The van der Waals surface area contributed by atoms with Crippen LogP contribution in [0.25, 0.3) is 0 Å². The van der Waals surface area contributed by atoms with Crippen LogP contribution in [0.1, 0.15) is 19.4 Å². The van der Waals surface area contributed by atoms with Crippen molar-refractivity contribution < 1.29 is 0 Å². The lowest BCUT2D eigenvalue weighted by atomic mass is 10.1. The minimum absolute atomic E-state index is 0.367. The minimum atomic E-state index is 0.367. The molecule has 0 spiro atoms. The van der Waals surface area contributed by atoms with Gasteiger partial charge in [0.15, 0.2) is 0 Å². The number of hydrogen-bond acceptors (Lipinski definition) is 3. The highest BCUT2D eigenvalue weighted by molar-refractivity contribution is 7.80. The fourth-order valence-corrected chi connectivity index (χ4v) is 3.25. The van der Waals surface area contributed by atoms with Gasteiger partial charge in [0.2, 0.25) is 0 Å². The number of piperazine rings is 1. The zero-order valence-corrected chi connectivity index (χ0v) is 13.0. The van der Waals surface area contributed by atoms with E-state index in [1.165, 1.54) is 0 Å². The average molecular weight is 298 g/mol. The summed E-state index contributed by atoms with van der Waals surface area (Å²) in [6.45, 7) is 8.55. The second-order valence-corrected chi connectivity index (χ2v) is 5.77. The van der Waals surface area contributed by atoms with Gasteiger partial charge in [-0.05, 0) is 25.6 Å². The van der Waals surface area contributed by atoms with Gasteiger partial charge in [0.25, 0.3) is 0 Å². The molecule has 1 aliphatic heterocycles. The van der Waals surface area contributed by atoms with Gasteiger partial charge in [-0.15, -0.1) is 0 Å². The quantitative estimate of drug-likeness (QED) is 0.869. The van der Waals surface area contributed by atoms with Gasteiger partial charge in [0.05, 0.1) is 10.6 Å². The van der Waals surface area contributed by atoms with E-state index in [0.717, 1.165) is 37.4 Å². The van der Waals surface area contributed by atoms with Crippen LogP contribution in [0.4, 0.5) is 5.69 Å². The highest BCUT2D eigenvalue weighted by atomic mass is 35.5. The lowest BCUT2D eigenvalue weighted by molar-refractivity contribution is 0.199. The molecule has 0 amide bonds. The number of anilines is 1. The molecule has 2 rings (SSSR count). The van der Waals surface area contributed by atoms with Crippen LogP contribution < -0.4 is 10.6 Å². The molecule has 2 N–H and O–H groups in total. The van der Waals surface area contributed by atoms with Crippen molar-refractivity contribution in [3.63, 3.8) is 0 Å². The van der Waals surface area contributed by atoms with Crippen LogP contribution in [-0.4, -0.2) is 42.1 Å². The number of nitrogens with zero attached hydrogens (tertiary/aromatic N) is 2. The molecule has 1 unspecified atom stereocenters. The van der Waals surface area contributed by atoms with Gasteiger partial charge in [-0.3, -0.25) is 4.90 Å². The Morgan fingerprint density at radius 1 is 1.47 bits per heavy atom. The van der Waals surface area contributed by atoms with Crippen LogP contribution in [0.5, 0.6) is 0 Å². The van der Waals surface area contributed by atoms with Crippen molar-refractivity contribution in [3.05, 3.63) is 28.8 Å². The first-order chi connectivity index (χ1) is 9.04. The Balaban J connectivity index is 2.28. The van der Waals surface area contributed by atoms with Crippen molar-refractivity contribution in [1.82, 2.24) is 4.90 Å². The number of nitrogens with two attached hydrogens (primary N) is 1. The summed E-state index contributed by atoms with van der Waals surface area (Å²) in [5.74, 6) is 0. The van der Waals surface area contributed by atoms with Crippen LogP contribution in [0.3, 0.4) is 0 Å². The van der Waals surface area contributed by atoms with E-state index in [4.69, 9.17) is 29.6 Å². The fourth-order valence-electron chi connectivity index (χ4n) is 2.70. The zero-order valence-electron chi connectivity index (χ0n) is 11.4. The van der Waals surface area contributed by atoms with Crippen molar-refractivity contribution >= 4 is 34.5 Å². The highest BCUT2D eigenvalue weighted by Gasteiger charge is 2.25. The summed E-state index contributed by atoms with van der Waals surface area (Å²) in [7, 11) is 0. The molecule has 5 heteroatoms. The first kappa shape index (κ1) is 14.6. The molecule has 1 atom stereocenters. The number of halogens is 1. The minimum Gasteiger partial charge on any atom is -0.389 e. The Kier molecular flexibility index (Phi) is 4.66. The van der Waals surface area contributed by atoms with Crippen molar-refractivity contribution in [2.75, 3.05) is 31.1 Å². The van der Waals surface area contributed by atoms with Gasteiger partial charge in [0.1, 0.15) is 4.99 Å². The number of rotatable bonds is 3. The molecule has 0 radical (unpaired) electrons. The van der Waals surface area contributed by atoms with E-state index in [-0.39, 0.29) is 0 Å². The van der Waals surface area contributed by atoms with Crippen LogP contribution >= 0.6 is 23.8 Å². The summed E-state index contributed by atoms with van der Waals surface area (Å²) in [6.07, 6.45) is 0. The molecule has 1 fully saturated rings. The van der Waals surface area contributed by atoms with Gasteiger partial charge < -0.3 is 10.6 Å². The van der Waals surface area contributed by atoms with E-state index in [2.05, 4.69) is 29.7 Å². The summed E-state index contributed by atoms with van der Waals surface area (Å²) >= 11 is 11.4. The van der Waals surface area contributed by atoms with Gasteiger partial charge in [-0.25, -0.2) is 0 Å². The van der Waals surface area contributed by atoms with Crippen molar-refractivity contribution in [2.24, 2.45) is 5.73 Å². The van der Waals surface area contributed by atoms with E-state index in [9.17, 15) is 0 Å². The van der Waals surface area contributed by atoms with Crippen LogP contribution in [0.15, 0.2) is 18.2 Å². The normalized spacial score (nSPS) is 20.6.